The van der Waals surface area contributed by atoms with Crippen LogP contribution in [0, 0.1) is 0 Å². The Morgan fingerprint density at radius 2 is 2.07 bits per heavy atom. The van der Waals surface area contributed by atoms with E-state index >= 15 is 0 Å². The molecule has 0 bridgehead atoms. The van der Waals surface area contributed by atoms with Gasteiger partial charge in [0, 0.05) is 5.56 Å². The molecule has 0 aliphatic rings. The fourth-order valence-corrected chi connectivity index (χ4v) is 1.44. The van der Waals surface area contributed by atoms with Crippen LogP contribution in [0.5, 0.6) is 0 Å². The Morgan fingerprint density at radius 3 is 2.67 bits per heavy atom. The highest BCUT2D eigenvalue weighted by Gasteiger charge is 2.07. The fraction of sp³-hybridized carbons (Fsp3) is 0.100. The molecule has 2 rings (SSSR count). The minimum absolute atomic E-state index is 0.172. The average Bonchev–Trinajstić information content (AvgIpc) is 2.70. The summed E-state index contributed by atoms with van der Waals surface area (Å²) < 4.78 is 5.25. The molecule has 0 saturated heterocycles. The molecule has 0 saturated carbocycles. The predicted molar refractivity (Wildman–Crippen MR) is 57.9 cm³/mol. The minimum atomic E-state index is -0.172. The van der Waals surface area contributed by atoms with Gasteiger partial charge in [0.1, 0.15) is 12.4 Å². The summed E-state index contributed by atoms with van der Waals surface area (Å²) in [6.07, 6.45) is 1.47. The number of aromatic nitrogens is 1. The van der Waals surface area contributed by atoms with E-state index in [-0.39, 0.29) is 6.61 Å². The zero-order valence-corrected chi connectivity index (χ0v) is 9.09. The maximum atomic E-state index is 8.82. The van der Waals surface area contributed by atoms with E-state index in [1.165, 1.54) is 6.20 Å². The molecule has 0 unspecified atom stereocenters. The van der Waals surface area contributed by atoms with Gasteiger partial charge < -0.3 is 9.52 Å². The Balaban J connectivity index is 2.40. The molecule has 0 atom stereocenters. The largest absolute Gasteiger partial charge is 0.439 e. The second-order valence-corrected chi connectivity index (χ2v) is 3.73. The molecule has 78 valence electrons. The van der Waals surface area contributed by atoms with Crippen molar-refractivity contribution in [2.75, 3.05) is 0 Å². The molecule has 15 heavy (non-hydrogen) atoms. The van der Waals surface area contributed by atoms with Crippen LogP contribution < -0.4 is 0 Å². The lowest BCUT2D eigenvalue weighted by Crippen LogP contribution is -1.77. The van der Waals surface area contributed by atoms with Crippen molar-refractivity contribution in [3.63, 3.8) is 0 Å². The van der Waals surface area contributed by atoms with E-state index in [0.717, 1.165) is 5.56 Å². The molecule has 0 aliphatic carbocycles. The minimum Gasteiger partial charge on any atom is -0.439 e. The van der Waals surface area contributed by atoms with Gasteiger partial charge in [-0.2, -0.15) is 0 Å². The van der Waals surface area contributed by atoms with Crippen molar-refractivity contribution in [2.45, 2.75) is 6.61 Å². The molecule has 2 aromatic rings. The fourth-order valence-electron chi connectivity index (χ4n) is 1.14. The molecule has 0 aliphatic heterocycles. The molecule has 0 fully saturated rings. The van der Waals surface area contributed by atoms with Gasteiger partial charge in [0.05, 0.1) is 16.2 Å². The van der Waals surface area contributed by atoms with E-state index in [4.69, 9.17) is 32.7 Å². The number of aliphatic hydroxyl groups is 1. The summed E-state index contributed by atoms with van der Waals surface area (Å²) in [4.78, 5) is 4.00. The predicted octanol–water partition coefficient (Wildman–Crippen LogP) is 3.14. The van der Waals surface area contributed by atoms with Crippen molar-refractivity contribution >= 4 is 23.2 Å². The van der Waals surface area contributed by atoms with E-state index in [9.17, 15) is 0 Å². The van der Waals surface area contributed by atoms with Crippen molar-refractivity contribution in [3.05, 3.63) is 40.2 Å². The Hall–Kier alpha value is -1.03. The summed E-state index contributed by atoms with van der Waals surface area (Å²) in [6.45, 7) is -0.172. The number of oxazole rings is 1. The Kier molecular flexibility index (Phi) is 2.95. The van der Waals surface area contributed by atoms with Gasteiger partial charge in [-0.1, -0.05) is 23.2 Å². The first kappa shape index (κ1) is 10.5. The lowest BCUT2D eigenvalue weighted by atomic mass is 10.2. The standard InChI is InChI=1S/C10H7Cl2NO2/c11-8-2-1-6(3-9(8)12)10-13-4-7(5-14)15-10/h1-4,14H,5H2. The van der Waals surface area contributed by atoms with Crippen molar-refractivity contribution in [1.82, 2.24) is 4.98 Å². The van der Waals surface area contributed by atoms with Crippen LogP contribution in [0.25, 0.3) is 11.5 Å². The van der Waals surface area contributed by atoms with E-state index in [2.05, 4.69) is 4.98 Å². The molecule has 1 aromatic heterocycles. The molecule has 1 heterocycles. The van der Waals surface area contributed by atoms with Crippen molar-refractivity contribution in [3.8, 4) is 11.5 Å². The molecule has 0 spiro atoms. The molecule has 5 heteroatoms. The molecule has 1 aromatic carbocycles. The smallest absolute Gasteiger partial charge is 0.226 e. The second kappa shape index (κ2) is 4.23. The lowest BCUT2D eigenvalue weighted by Gasteiger charge is -1.98. The SMILES string of the molecule is OCc1cnc(-c2ccc(Cl)c(Cl)c2)o1. The van der Waals surface area contributed by atoms with E-state index in [1.54, 1.807) is 18.2 Å². The first-order valence-electron chi connectivity index (χ1n) is 4.21. The van der Waals surface area contributed by atoms with Crippen molar-refractivity contribution in [1.29, 1.82) is 0 Å². The van der Waals surface area contributed by atoms with Gasteiger partial charge in [-0.3, -0.25) is 0 Å². The van der Waals surface area contributed by atoms with E-state index in [0.29, 0.717) is 21.7 Å². The quantitative estimate of drug-likeness (QED) is 0.882. The third kappa shape index (κ3) is 2.15. The molecule has 1 N–H and O–H groups in total. The topological polar surface area (TPSA) is 46.3 Å². The van der Waals surface area contributed by atoms with Crippen LogP contribution in [0.3, 0.4) is 0 Å². The van der Waals surface area contributed by atoms with E-state index < -0.39 is 0 Å². The number of aliphatic hydroxyl groups excluding tert-OH is 1. The van der Waals surface area contributed by atoms with Crippen LogP contribution in [0.2, 0.25) is 10.0 Å². The summed E-state index contributed by atoms with van der Waals surface area (Å²) in [5, 5.41) is 9.74. The van der Waals surface area contributed by atoms with Crippen LogP contribution in [0.1, 0.15) is 5.76 Å². The number of hydrogen-bond donors (Lipinski definition) is 1. The third-order valence-electron chi connectivity index (χ3n) is 1.88. The number of hydrogen-bond acceptors (Lipinski definition) is 3. The van der Waals surface area contributed by atoms with Gasteiger partial charge in [-0.05, 0) is 18.2 Å². The van der Waals surface area contributed by atoms with Crippen molar-refractivity contribution < 1.29 is 9.52 Å². The monoisotopic (exact) mass is 243 g/mol. The zero-order valence-electron chi connectivity index (χ0n) is 7.58. The van der Waals surface area contributed by atoms with Crippen LogP contribution in [0.15, 0.2) is 28.8 Å². The average molecular weight is 244 g/mol. The highest BCUT2D eigenvalue weighted by molar-refractivity contribution is 6.42. The first-order chi connectivity index (χ1) is 7.20. The van der Waals surface area contributed by atoms with Gasteiger partial charge >= 0.3 is 0 Å². The first-order valence-corrected chi connectivity index (χ1v) is 4.97. The van der Waals surface area contributed by atoms with Crippen molar-refractivity contribution in [2.24, 2.45) is 0 Å². The van der Waals surface area contributed by atoms with Gasteiger partial charge in [-0.15, -0.1) is 0 Å². The highest BCUT2D eigenvalue weighted by atomic mass is 35.5. The summed E-state index contributed by atoms with van der Waals surface area (Å²) in [6, 6.07) is 5.08. The third-order valence-corrected chi connectivity index (χ3v) is 2.61. The summed E-state index contributed by atoms with van der Waals surface area (Å²) in [5.41, 5.74) is 0.726. The number of benzene rings is 1. The summed E-state index contributed by atoms with van der Waals surface area (Å²) >= 11 is 11.6. The Bertz CT molecular complexity index is 482. The van der Waals surface area contributed by atoms with Crippen LogP contribution >= 0.6 is 23.2 Å². The molecular weight excluding hydrogens is 237 g/mol. The number of halogens is 2. The van der Waals surface area contributed by atoms with Crippen LogP contribution in [-0.4, -0.2) is 10.1 Å². The van der Waals surface area contributed by atoms with Gasteiger partial charge in [0.25, 0.3) is 0 Å². The second-order valence-electron chi connectivity index (χ2n) is 2.92. The lowest BCUT2D eigenvalue weighted by molar-refractivity contribution is 0.248. The van der Waals surface area contributed by atoms with E-state index in [1.807, 2.05) is 0 Å². The number of rotatable bonds is 2. The van der Waals surface area contributed by atoms with Crippen LogP contribution in [0.4, 0.5) is 0 Å². The van der Waals surface area contributed by atoms with Gasteiger partial charge in [0.2, 0.25) is 5.89 Å². The molecule has 3 nitrogen and oxygen atoms in total. The summed E-state index contributed by atoms with van der Waals surface area (Å²) in [5.74, 6) is 0.827. The summed E-state index contributed by atoms with van der Waals surface area (Å²) in [7, 11) is 0. The van der Waals surface area contributed by atoms with Crippen LogP contribution in [-0.2, 0) is 6.61 Å². The molecule has 0 radical (unpaired) electrons. The number of nitrogens with zero attached hydrogens (tertiary/aromatic N) is 1. The maximum Gasteiger partial charge on any atom is 0.226 e. The maximum absolute atomic E-state index is 8.82. The Labute approximate surface area is 96.3 Å². The molecular formula is C10H7Cl2NO2. The normalized spacial score (nSPS) is 10.6. The highest BCUT2D eigenvalue weighted by Crippen LogP contribution is 2.28. The van der Waals surface area contributed by atoms with Gasteiger partial charge in [0.15, 0.2) is 0 Å². The Morgan fingerprint density at radius 1 is 1.27 bits per heavy atom. The van der Waals surface area contributed by atoms with Gasteiger partial charge in [-0.25, -0.2) is 4.98 Å². The molecule has 0 amide bonds. The zero-order chi connectivity index (χ0) is 10.8.